The van der Waals surface area contributed by atoms with E-state index in [1.54, 1.807) is 13.8 Å². The van der Waals surface area contributed by atoms with Gasteiger partial charge in [-0.3, -0.25) is 4.57 Å². The first kappa shape index (κ1) is 12.2. The van der Waals surface area contributed by atoms with E-state index in [0.717, 1.165) is 0 Å². The van der Waals surface area contributed by atoms with Crippen molar-refractivity contribution in [2.45, 2.75) is 20.1 Å². The Labute approximate surface area is 88.1 Å². The van der Waals surface area contributed by atoms with Crippen molar-refractivity contribution in [1.29, 1.82) is 0 Å². The van der Waals surface area contributed by atoms with E-state index >= 15 is 0 Å². The molecule has 1 aromatic heterocycles. The summed E-state index contributed by atoms with van der Waals surface area (Å²) >= 11 is 0. The van der Waals surface area contributed by atoms with Crippen molar-refractivity contribution in [3.05, 3.63) is 6.33 Å². The second-order valence-corrected chi connectivity index (χ2v) is 4.75. The summed E-state index contributed by atoms with van der Waals surface area (Å²) in [4.78, 5) is 3.72. The number of hydrogen-bond donors (Lipinski definition) is 1. The molecule has 0 amide bonds. The Kier molecular flexibility index (Phi) is 4.26. The van der Waals surface area contributed by atoms with E-state index in [2.05, 4.69) is 10.1 Å². The third-order valence-corrected chi connectivity index (χ3v) is 3.46. The maximum Gasteiger partial charge on any atom is 0.351 e. The Bertz CT molecular complexity index is 344. The molecule has 0 aliphatic carbocycles. The lowest BCUT2D eigenvalue weighted by molar-refractivity contribution is 0.213. The summed E-state index contributed by atoms with van der Waals surface area (Å²) in [5.74, 6) is 0.134. The highest BCUT2D eigenvalue weighted by Gasteiger charge is 2.24. The van der Waals surface area contributed by atoms with Crippen LogP contribution in [0.3, 0.4) is 0 Å². The molecule has 0 atom stereocenters. The fourth-order valence-electron chi connectivity index (χ4n) is 1.07. The van der Waals surface area contributed by atoms with E-state index in [0.29, 0.717) is 13.2 Å². The largest absolute Gasteiger partial charge is 0.367 e. The molecule has 8 heteroatoms. The van der Waals surface area contributed by atoms with Crippen LogP contribution < -0.4 is 5.73 Å². The predicted molar refractivity (Wildman–Crippen MR) is 55.3 cm³/mol. The molecular weight excluding hydrogens is 219 g/mol. The minimum absolute atomic E-state index is 0.0267. The van der Waals surface area contributed by atoms with Crippen LogP contribution in [0.4, 0.5) is 5.95 Å². The van der Waals surface area contributed by atoms with Gasteiger partial charge in [-0.1, -0.05) is 0 Å². The van der Waals surface area contributed by atoms with E-state index in [1.165, 1.54) is 11.0 Å². The number of aromatic nitrogens is 3. The summed E-state index contributed by atoms with van der Waals surface area (Å²) in [6.45, 7) is 4.14. The fraction of sp³-hybridized carbons (Fsp3) is 0.714. The highest BCUT2D eigenvalue weighted by molar-refractivity contribution is 7.52. The summed E-state index contributed by atoms with van der Waals surface area (Å²) in [7, 11) is -3.12. The molecule has 0 aliphatic heterocycles. The molecule has 0 saturated carbocycles. The molecule has 86 valence electrons. The first-order chi connectivity index (χ1) is 7.09. The topological polar surface area (TPSA) is 92.3 Å². The molecule has 1 rings (SSSR count). The van der Waals surface area contributed by atoms with Crippen molar-refractivity contribution in [3.8, 4) is 0 Å². The van der Waals surface area contributed by atoms with Gasteiger partial charge in [0.2, 0.25) is 5.95 Å². The lowest BCUT2D eigenvalue weighted by Crippen LogP contribution is -2.06. The Hall–Kier alpha value is -0.910. The summed E-state index contributed by atoms with van der Waals surface area (Å²) in [6, 6.07) is 0. The van der Waals surface area contributed by atoms with Crippen molar-refractivity contribution in [2.75, 3.05) is 18.9 Å². The van der Waals surface area contributed by atoms with Crippen LogP contribution >= 0.6 is 7.60 Å². The monoisotopic (exact) mass is 234 g/mol. The second kappa shape index (κ2) is 5.25. The van der Waals surface area contributed by atoms with Crippen LogP contribution in [-0.4, -0.2) is 28.0 Å². The van der Waals surface area contributed by atoms with Crippen molar-refractivity contribution >= 4 is 13.5 Å². The molecule has 0 radical (unpaired) electrons. The van der Waals surface area contributed by atoms with E-state index < -0.39 is 7.60 Å². The van der Waals surface area contributed by atoms with Crippen LogP contribution in [0, 0.1) is 0 Å². The zero-order valence-electron chi connectivity index (χ0n) is 8.79. The summed E-state index contributed by atoms with van der Waals surface area (Å²) < 4.78 is 23.5. The van der Waals surface area contributed by atoms with Crippen molar-refractivity contribution in [1.82, 2.24) is 14.8 Å². The molecule has 0 spiro atoms. The molecule has 1 aromatic rings. The van der Waals surface area contributed by atoms with Crippen molar-refractivity contribution in [3.63, 3.8) is 0 Å². The first-order valence-corrected chi connectivity index (χ1v) is 6.35. The molecular formula is C7H15N4O3P. The lowest BCUT2D eigenvalue weighted by Gasteiger charge is -2.16. The molecule has 7 nitrogen and oxygen atoms in total. The van der Waals surface area contributed by atoms with E-state index in [4.69, 9.17) is 14.8 Å². The van der Waals surface area contributed by atoms with Gasteiger partial charge in [0.05, 0.1) is 13.2 Å². The smallest absolute Gasteiger partial charge is 0.351 e. The molecule has 0 aliphatic rings. The molecule has 1 heterocycles. The third-order valence-electron chi connectivity index (χ3n) is 1.52. The van der Waals surface area contributed by atoms with E-state index in [9.17, 15) is 4.57 Å². The Morgan fingerprint density at radius 2 is 2.07 bits per heavy atom. The van der Waals surface area contributed by atoms with Gasteiger partial charge in [-0.15, -0.1) is 5.10 Å². The van der Waals surface area contributed by atoms with Gasteiger partial charge in [0, 0.05) is 0 Å². The lowest BCUT2D eigenvalue weighted by atomic mass is 10.9. The van der Waals surface area contributed by atoms with Gasteiger partial charge in [0.15, 0.2) is 0 Å². The maximum atomic E-state index is 12.0. The Morgan fingerprint density at radius 3 is 2.47 bits per heavy atom. The standard InChI is InChI=1S/C7H15N4O3P/c1-3-13-15(12,14-4-2)6-11-5-9-7(8)10-11/h5H,3-4,6H2,1-2H3,(H2,8,10). The maximum absolute atomic E-state index is 12.0. The SMILES string of the molecule is CCOP(=O)(Cn1cnc(N)n1)OCC. The van der Waals surface area contributed by atoms with Crippen LogP contribution in [0.25, 0.3) is 0 Å². The molecule has 0 saturated heterocycles. The van der Waals surface area contributed by atoms with E-state index in [1.807, 2.05) is 0 Å². The number of nitrogens with two attached hydrogens (primary N) is 1. The van der Waals surface area contributed by atoms with Crippen LogP contribution in [0.1, 0.15) is 13.8 Å². The zero-order chi connectivity index (χ0) is 11.3. The van der Waals surface area contributed by atoms with Gasteiger partial charge in [0.1, 0.15) is 12.6 Å². The van der Waals surface area contributed by atoms with Crippen LogP contribution in [-0.2, 0) is 19.9 Å². The number of nitrogen functional groups attached to an aromatic ring is 1. The number of nitrogens with zero attached hydrogens (tertiary/aromatic N) is 3. The average Bonchev–Trinajstić information content (AvgIpc) is 2.51. The van der Waals surface area contributed by atoms with Crippen LogP contribution in [0.15, 0.2) is 6.33 Å². The first-order valence-electron chi connectivity index (χ1n) is 4.62. The number of anilines is 1. The molecule has 15 heavy (non-hydrogen) atoms. The van der Waals surface area contributed by atoms with Gasteiger partial charge in [0.25, 0.3) is 0 Å². The summed E-state index contributed by atoms with van der Waals surface area (Å²) in [6.07, 6.45) is 1.42. The van der Waals surface area contributed by atoms with Gasteiger partial charge < -0.3 is 14.8 Å². The molecule has 2 N–H and O–H groups in total. The number of rotatable bonds is 6. The van der Waals surface area contributed by atoms with Gasteiger partial charge in [-0.2, -0.15) is 0 Å². The molecule has 0 fully saturated rings. The van der Waals surface area contributed by atoms with Gasteiger partial charge in [-0.25, -0.2) is 9.67 Å². The average molecular weight is 234 g/mol. The summed E-state index contributed by atoms with van der Waals surface area (Å²) in [5, 5.41) is 3.81. The normalized spacial score (nSPS) is 11.9. The molecule has 0 unspecified atom stereocenters. The van der Waals surface area contributed by atoms with E-state index in [-0.39, 0.29) is 12.2 Å². The zero-order valence-corrected chi connectivity index (χ0v) is 9.68. The minimum Gasteiger partial charge on any atom is -0.367 e. The van der Waals surface area contributed by atoms with Gasteiger partial charge >= 0.3 is 7.60 Å². The summed E-state index contributed by atoms with van der Waals surface area (Å²) in [5.41, 5.74) is 5.33. The van der Waals surface area contributed by atoms with Crippen molar-refractivity contribution in [2.24, 2.45) is 0 Å². The molecule has 0 bridgehead atoms. The third kappa shape index (κ3) is 3.62. The van der Waals surface area contributed by atoms with Crippen LogP contribution in [0.5, 0.6) is 0 Å². The second-order valence-electron chi connectivity index (χ2n) is 2.73. The Morgan fingerprint density at radius 1 is 1.47 bits per heavy atom. The minimum atomic E-state index is -3.12. The quantitative estimate of drug-likeness (QED) is 0.740. The van der Waals surface area contributed by atoms with Gasteiger partial charge in [-0.05, 0) is 13.8 Å². The highest BCUT2D eigenvalue weighted by Crippen LogP contribution is 2.49. The Balaban J connectivity index is 2.70. The number of hydrogen-bond acceptors (Lipinski definition) is 6. The van der Waals surface area contributed by atoms with Crippen molar-refractivity contribution < 1.29 is 13.6 Å². The molecule has 0 aromatic carbocycles. The highest BCUT2D eigenvalue weighted by atomic mass is 31.2. The predicted octanol–water partition coefficient (Wildman–Crippen LogP) is 1.08. The fourth-order valence-corrected chi connectivity index (χ4v) is 2.58. The van der Waals surface area contributed by atoms with Crippen LogP contribution in [0.2, 0.25) is 0 Å².